The largest absolute Gasteiger partial charge is 0.400 e. The molecule has 0 aliphatic rings. The molecule has 0 bridgehead atoms. The van der Waals surface area contributed by atoms with Gasteiger partial charge in [0, 0.05) is 85.2 Å². The number of rotatable bonds is 8. The number of anilines is 3. The van der Waals surface area contributed by atoms with E-state index in [0.29, 0.717) is 23.5 Å². The van der Waals surface area contributed by atoms with Crippen molar-refractivity contribution in [2.45, 2.75) is 6.54 Å². The van der Waals surface area contributed by atoms with Gasteiger partial charge < -0.3 is 16.6 Å². The van der Waals surface area contributed by atoms with Gasteiger partial charge in [-0.15, -0.1) is 0 Å². The van der Waals surface area contributed by atoms with Crippen molar-refractivity contribution in [2.24, 2.45) is 5.73 Å². The molecule has 0 atom stereocenters. The first kappa shape index (κ1) is 47.8. The van der Waals surface area contributed by atoms with Crippen molar-refractivity contribution in [2.75, 3.05) is 71.7 Å². The van der Waals surface area contributed by atoms with Crippen LogP contribution in [0.4, 0.5) is 21.8 Å². The number of hydrogen-bond acceptors (Lipinski definition) is 14. The monoisotopic (exact) mass is 785 g/mol. The van der Waals surface area contributed by atoms with Crippen molar-refractivity contribution in [1.82, 2.24) is 27.9 Å². The highest BCUT2D eigenvalue weighted by atomic mass is 35.7. The minimum atomic E-state index is -3.53. The van der Waals surface area contributed by atoms with Gasteiger partial charge in [-0.1, -0.05) is 6.07 Å². The standard InChI is InChI=1S/C8H14N4O2S.C8H10N4O2S.C6H5N3.C2H6ClNO2S.CH3F.CH4O/c2*1-12(2)15(13,14)11-8-4-3-7(5-9)6-10-8;7-3-5-1-2-6(8)9-4-5;1-4(2)7(3,5)6;2*1-2/h3-4,6H,5,9H2,1-2H3,(H,10,11);3-4,6H,1-2H3,(H,10,11);1-2,4H,(H2,8,9);1-2H3;1H3;2H,1H3/i;;;;1D;. The Hall–Kier alpha value is -4.30. The SMILES string of the molecule is CN(C)S(=O)(=O)Cl.CN(C)S(=O)(=O)Nc1ccc(C#N)cn1.CN(C)S(=O)(=O)Nc1ccc(CN)cn1.CO.N#Cc1ccc(N)nc1.[2H]CF. The van der Waals surface area contributed by atoms with Crippen molar-refractivity contribution in [3.8, 4) is 12.1 Å². The molecule has 0 saturated heterocycles. The van der Waals surface area contributed by atoms with E-state index in [9.17, 15) is 29.6 Å². The molecule has 0 saturated carbocycles. The first-order chi connectivity index (χ1) is 23.6. The number of halogens is 2. The lowest BCUT2D eigenvalue weighted by molar-refractivity contribution is 0.399. The molecule has 0 aliphatic carbocycles. The fourth-order valence-corrected chi connectivity index (χ4v) is 3.18. The van der Waals surface area contributed by atoms with E-state index < -0.39 is 36.8 Å². The average molecular weight is 786 g/mol. The minimum absolute atomic E-state index is 0.183. The lowest BCUT2D eigenvalue weighted by Gasteiger charge is -2.12. The lowest BCUT2D eigenvalue weighted by atomic mass is 10.3. The quantitative estimate of drug-likeness (QED) is 0.197. The number of aromatic nitrogens is 3. The number of nitriles is 2. The highest BCUT2D eigenvalue weighted by Crippen LogP contribution is 2.08. The normalized spacial score (nSPS) is 10.6. The maximum Gasteiger partial charge on any atom is 0.302 e. The molecule has 0 fully saturated rings. The Morgan fingerprint density at radius 2 is 1.14 bits per heavy atom. The zero-order valence-corrected chi connectivity index (χ0v) is 31.4. The molecule has 50 heavy (non-hydrogen) atoms. The van der Waals surface area contributed by atoms with E-state index in [1.807, 2.05) is 12.1 Å². The van der Waals surface area contributed by atoms with Crippen LogP contribution in [-0.4, -0.2) is 115 Å². The van der Waals surface area contributed by atoms with E-state index in [4.69, 9.17) is 39.2 Å². The molecule has 0 spiro atoms. The molecule has 0 amide bonds. The second kappa shape index (κ2) is 25.6. The molecule has 0 aliphatic heterocycles. The smallest absolute Gasteiger partial charge is 0.302 e. The van der Waals surface area contributed by atoms with E-state index in [0.717, 1.165) is 25.6 Å². The predicted octanol–water partition coefficient (Wildman–Crippen LogP) is 0.691. The van der Waals surface area contributed by atoms with Crippen LogP contribution in [0.25, 0.3) is 0 Å². The summed E-state index contributed by atoms with van der Waals surface area (Å²) in [5.41, 5.74) is 12.4. The number of nitrogens with zero attached hydrogens (tertiary/aromatic N) is 8. The molecule has 3 aromatic heterocycles. The summed E-state index contributed by atoms with van der Waals surface area (Å²) in [6, 6.07) is 13.3. The van der Waals surface area contributed by atoms with Crippen LogP contribution in [-0.2, 0) is 36.2 Å². The highest BCUT2D eigenvalue weighted by Gasteiger charge is 2.14. The van der Waals surface area contributed by atoms with Gasteiger partial charge in [0.2, 0.25) is 0 Å². The van der Waals surface area contributed by atoms with Crippen LogP contribution in [0.3, 0.4) is 0 Å². The van der Waals surface area contributed by atoms with Gasteiger partial charge in [-0.3, -0.25) is 13.8 Å². The van der Waals surface area contributed by atoms with Crippen LogP contribution < -0.4 is 20.9 Å². The van der Waals surface area contributed by atoms with Crippen molar-refractivity contribution in [3.63, 3.8) is 0 Å². The maximum absolute atomic E-state index is 11.4. The minimum Gasteiger partial charge on any atom is -0.400 e. The molecular weight excluding hydrogens is 743 g/mol. The molecule has 0 aromatic carbocycles. The molecule has 280 valence electrons. The van der Waals surface area contributed by atoms with Gasteiger partial charge in [-0.25, -0.2) is 15.0 Å². The Morgan fingerprint density at radius 3 is 1.38 bits per heavy atom. The topological polar surface area (TPSA) is 295 Å². The van der Waals surface area contributed by atoms with E-state index in [1.165, 1.54) is 73.0 Å². The third kappa shape index (κ3) is 22.4. The zero-order valence-electron chi connectivity index (χ0n) is 29.2. The average Bonchev–Trinajstić information content (AvgIpc) is 3.07. The second-order valence-corrected chi connectivity index (χ2v) is 15.4. The number of aliphatic hydroxyl groups excluding tert-OH is 1. The van der Waals surface area contributed by atoms with Crippen LogP contribution in [0.15, 0.2) is 55.0 Å². The number of aliphatic hydroxyl groups is 1. The van der Waals surface area contributed by atoms with Crippen LogP contribution in [0.2, 0.25) is 0 Å². The van der Waals surface area contributed by atoms with Gasteiger partial charge in [-0.05, 0) is 35.9 Å². The van der Waals surface area contributed by atoms with Gasteiger partial charge in [0.1, 0.15) is 29.6 Å². The van der Waals surface area contributed by atoms with Crippen molar-refractivity contribution in [1.29, 1.82) is 10.5 Å². The maximum atomic E-state index is 11.4. The first-order valence-corrected chi connectivity index (χ1v) is 18.2. The molecule has 19 nitrogen and oxygen atoms in total. The summed E-state index contributed by atoms with van der Waals surface area (Å²) < 4.78 is 88.7. The Kier molecular flexibility index (Phi) is 24.5. The molecule has 0 radical (unpaired) electrons. The van der Waals surface area contributed by atoms with Gasteiger partial charge in [-0.2, -0.15) is 48.7 Å². The van der Waals surface area contributed by atoms with Gasteiger partial charge in [0.25, 0.3) is 9.24 Å². The summed E-state index contributed by atoms with van der Waals surface area (Å²) in [6.45, 7) is 0.383. The molecule has 3 aromatic rings. The molecule has 3 heterocycles. The van der Waals surface area contributed by atoms with E-state index in [-0.39, 0.29) is 11.6 Å². The summed E-state index contributed by atoms with van der Waals surface area (Å²) >= 11 is 0. The van der Waals surface area contributed by atoms with Crippen molar-refractivity contribution >= 4 is 57.8 Å². The number of hydrogen-bond donors (Lipinski definition) is 5. The van der Waals surface area contributed by atoms with E-state index in [2.05, 4.69) is 24.4 Å². The number of pyridine rings is 3. The number of nitrogens with two attached hydrogens (primary N) is 2. The zero-order chi connectivity index (χ0) is 40.4. The van der Waals surface area contributed by atoms with E-state index >= 15 is 0 Å². The molecule has 3 rings (SSSR count). The summed E-state index contributed by atoms with van der Waals surface area (Å²) in [6.07, 6.45) is 4.27. The number of nitrogens with one attached hydrogen (secondary N) is 2. The van der Waals surface area contributed by atoms with Gasteiger partial charge >= 0.3 is 20.4 Å². The van der Waals surface area contributed by atoms with Crippen LogP contribution >= 0.6 is 10.7 Å². The van der Waals surface area contributed by atoms with Gasteiger partial charge in [0.15, 0.2) is 0 Å². The lowest BCUT2D eigenvalue weighted by Crippen LogP contribution is -2.29. The van der Waals surface area contributed by atoms with Crippen molar-refractivity contribution in [3.05, 3.63) is 71.7 Å². The summed E-state index contributed by atoms with van der Waals surface area (Å²) in [7, 11) is 2.74. The molecule has 7 N–H and O–H groups in total. The van der Waals surface area contributed by atoms with Crippen LogP contribution in [0, 0.1) is 22.7 Å². The fourth-order valence-electron chi connectivity index (χ4n) is 2.04. The Balaban J connectivity index is -0.000000598. The van der Waals surface area contributed by atoms with Gasteiger partial charge in [0.05, 0.1) is 19.7 Å². The highest BCUT2D eigenvalue weighted by molar-refractivity contribution is 8.11. The summed E-state index contributed by atoms with van der Waals surface area (Å²) in [4.78, 5) is 11.4. The second-order valence-electron chi connectivity index (χ2n) is 8.89. The third-order valence-corrected chi connectivity index (χ3v) is 9.29. The first-order valence-electron chi connectivity index (χ1n) is 13.8. The Labute approximate surface area is 299 Å². The van der Waals surface area contributed by atoms with Crippen LogP contribution in [0.1, 0.15) is 18.1 Å². The number of alkyl halides is 1. The Bertz CT molecular complexity index is 1810. The van der Waals surface area contributed by atoms with E-state index in [1.54, 1.807) is 24.3 Å². The third-order valence-electron chi connectivity index (χ3n) is 4.73. The molecule has 0 unspecified atom stereocenters. The summed E-state index contributed by atoms with van der Waals surface area (Å²) in [5, 5.41) is 23.8. The molecule has 24 heteroatoms. The molecular formula is C26H42ClFN12O7S3. The predicted molar refractivity (Wildman–Crippen MR) is 191 cm³/mol. The Morgan fingerprint density at radius 1 is 0.780 bits per heavy atom. The fraction of sp³-hybridized carbons (Fsp3) is 0.346. The van der Waals surface area contributed by atoms with Crippen molar-refractivity contribution < 1.29 is 36.1 Å². The number of nitrogen functional groups attached to an aromatic ring is 1. The van der Waals surface area contributed by atoms with Crippen LogP contribution in [0.5, 0.6) is 0 Å². The summed E-state index contributed by atoms with van der Waals surface area (Å²) in [5.74, 6) is 0.901.